The molecule has 0 aliphatic heterocycles. The number of carbonyl (C=O) groups excluding carboxylic acids is 1. The Morgan fingerprint density at radius 1 is 1.10 bits per heavy atom. The second kappa shape index (κ2) is 9.68. The van der Waals surface area contributed by atoms with Crippen LogP contribution in [0.1, 0.15) is 44.7 Å². The molecule has 29 heavy (non-hydrogen) atoms. The standard InChI is InChI=1S/C22H25NO5S/c1-22(2,3)27-21(24)20(14-8-11-17-9-5-4-6-10-17)28-29(25,26)19-13-7-12-18(15-19)16-23/h4-7,9-10,12-13,15,20H,8,11,14H2,1-3H3/t20-/m1/s1. The van der Waals surface area contributed by atoms with Crippen LogP contribution < -0.4 is 0 Å². The zero-order valence-corrected chi connectivity index (χ0v) is 17.6. The van der Waals surface area contributed by atoms with E-state index in [9.17, 15) is 13.2 Å². The molecular formula is C22H25NO5S. The normalized spacial score (nSPS) is 12.8. The fourth-order valence-corrected chi connectivity index (χ4v) is 3.75. The Labute approximate surface area is 172 Å². The average Bonchev–Trinajstić information content (AvgIpc) is 2.66. The predicted octanol–water partition coefficient (Wildman–Crippen LogP) is 4.00. The molecule has 0 saturated heterocycles. The second-order valence-corrected chi connectivity index (χ2v) is 9.16. The lowest BCUT2D eigenvalue weighted by Gasteiger charge is -2.24. The summed E-state index contributed by atoms with van der Waals surface area (Å²) < 4.78 is 36.0. The fraction of sp³-hybridized carbons (Fsp3) is 0.364. The van der Waals surface area contributed by atoms with Gasteiger partial charge in [-0.2, -0.15) is 13.7 Å². The van der Waals surface area contributed by atoms with Gasteiger partial charge in [0.25, 0.3) is 10.1 Å². The second-order valence-electron chi connectivity index (χ2n) is 7.59. The van der Waals surface area contributed by atoms with E-state index in [0.717, 1.165) is 5.56 Å². The van der Waals surface area contributed by atoms with Crippen LogP contribution in [-0.4, -0.2) is 26.1 Å². The minimum atomic E-state index is -4.24. The van der Waals surface area contributed by atoms with Crippen molar-refractivity contribution in [1.29, 1.82) is 5.26 Å². The van der Waals surface area contributed by atoms with Gasteiger partial charge in [0, 0.05) is 0 Å². The molecule has 2 aromatic rings. The highest BCUT2D eigenvalue weighted by Crippen LogP contribution is 2.21. The summed E-state index contributed by atoms with van der Waals surface area (Å²) in [5.74, 6) is -0.731. The van der Waals surface area contributed by atoms with E-state index in [1.54, 1.807) is 20.8 Å². The molecule has 1 atom stereocenters. The quantitative estimate of drug-likeness (QED) is 0.478. The Hall–Kier alpha value is -2.69. The van der Waals surface area contributed by atoms with Crippen LogP contribution in [0.2, 0.25) is 0 Å². The largest absolute Gasteiger partial charge is 0.458 e. The Morgan fingerprint density at radius 3 is 2.41 bits per heavy atom. The lowest BCUT2D eigenvalue weighted by molar-refractivity contribution is -0.163. The first-order valence-electron chi connectivity index (χ1n) is 9.31. The number of benzene rings is 2. The molecule has 0 fully saturated rings. The van der Waals surface area contributed by atoms with Gasteiger partial charge in [0.1, 0.15) is 5.60 Å². The van der Waals surface area contributed by atoms with Gasteiger partial charge in [0.2, 0.25) is 0 Å². The summed E-state index contributed by atoms with van der Waals surface area (Å²) in [5.41, 5.74) is 0.496. The van der Waals surface area contributed by atoms with Crippen LogP contribution in [-0.2, 0) is 30.3 Å². The Balaban J connectivity index is 2.17. The third-order valence-corrected chi connectivity index (χ3v) is 5.26. The minimum Gasteiger partial charge on any atom is -0.458 e. The number of hydrogen-bond acceptors (Lipinski definition) is 6. The van der Waals surface area contributed by atoms with Gasteiger partial charge in [0.05, 0.1) is 16.5 Å². The molecule has 0 aromatic heterocycles. The summed E-state index contributed by atoms with van der Waals surface area (Å²) in [6, 6.07) is 17.1. The zero-order chi connectivity index (χ0) is 21.5. The van der Waals surface area contributed by atoms with Crippen molar-refractivity contribution in [2.45, 2.75) is 56.6 Å². The molecule has 154 valence electrons. The minimum absolute atomic E-state index is 0.173. The van der Waals surface area contributed by atoms with Crippen molar-refractivity contribution in [3.05, 3.63) is 65.7 Å². The first-order chi connectivity index (χ1) is 13.6. The number of nitriles is 1. The molecule has 0 N–H and O–H groups in total. The first-order valence-corrected chi connectivity index (χ1v) is 10.7. The smallest absolute Gasteiger partial charge is 0.337 e. The maximum absolute atomic E-state index is 12.7. The van der Waals surface area contributed by atoms with Gasteiger partial charge in [0.15, 0.2) is 6.10 Å². The summed E-state index contributed by atoms with van der Waals surface area (Å²) in [6.07, 6.45) is 0.129. The molecule has 0 bridgehead atoms. The highest BCUT2D eigenvalue weighted by atomic mass is 32.2. The summed E-state index contributed by atoms with van der Waals surface area (Å²) >= 11 is 0. The van der Waals surface area contributed by atoms with Crippen LogP contribution in [0.25, 0.3) is 0 Å². The van der Waals surface area contributed by atoms with E-state index in [0.29, 0.717) is 12.8 Å². The molecular weight excluding hydrogens is 390 g/mol. The number of nitrogens with zero attached hydrogens (tertiary/aromatic N) is 1. The number of ether oxygens (including phenoxy) is 1. The molecule has 0 unspecified atom stereocenters. The average molecular weight is 416 g/mol. The molecule has 0 heterocycles. The molecule has 0 aliphatic carbocycles. The monoisotopic (exact) mass is 415 g/mol. The molecule has 6 nitrogen and oxygen atoms in total. The number of esters is 1. The van der Waals surface area contributed by atoms with Crippen LogP contribution >= 0.6 is 0 Å². The third kappa shape index (κ3) is 7.33. The molecule has 2 aromatic carbocycles. The molecule has 0 aliphatic rings. The summed E-state index contributed by atoms with van der Waals surface area (Å²) in [4.78, 5) is 12.4. The number of carbonyl (C=O) groups is 1. The Kier molecular flexibility index (Phi) is 7.54. The van der Waals surface area contributed by atoms with Crippen LogP contribution in [0, 0.1) is 11.3 Å². The van der Waals surface area contributed by atoms with Crippen molar-refractivity contribution in [3.8, 4) is 6.07 Å². The number of rotatable bonds is 8. The van der Waals surface area contributed by atoms with Gasteiger partial charge >= 0.3 is 5.97 Å². The molecule has 0 saturated carbocycles. The zero-order valence-electron chi connectivity index (χ0n) is 16.8. The van der Waals surface area contributed by atoms with Crippen LogP contribution in [0.4, 0.5) is 0 Å². The van der Waals surface area contributed by atoms with Crippen molar-refractivity contribution in [1.82, 2.24) is 0 Å². The summed E-state index contributed by atoms with van der Waals surface area (Å²) in [7, 11) is -4.24. The first kappa shape index (κ1) is 22.6. The van der Waals surface area contributed by atoms with E-state index in [4.69, 9.17) is 14.2 Å². The molecule has 0 spiro atoms. The van der Waals surface area contributed by atoms with Gasteiger partial charge in [-0.15, -0.1) is 0 Å². The molecule has 0 amide bonds. The fourth-order valence-electron chi connectivity index (χ4n) is 2.64. The predicted molar refractivity (Wildman–Crippen MR) is 108 cm³/mol. The highest BCUT2D eigenvalue weighted by Gasteiger charge is 2.31. The lowest BCUT2D eigenvalue weighted by Crippen LogP contribution is -2.35. The van der Waals surface area contributed by atoms with Crippen molar-refractivity contribution in [3.63, 3.8) is 0 Å². The van der Waals surface area contributed by atoms with Gasteiger partial charge in [-0.25, -0.2) is 4.79 Å². The van der Waals surface area contributed by atoms with E-state index in [1.807, 2.05) is 36.4 Å². The topological polar surface area (TPSA) is 93.5 Å². The highest BCUT2D eigenvalue weighted by molar-refractivity contribution is 7.86. The van der Waals surface area contributed by atoms with Crippen molar-refractivity contribution in [2.75, 3.05) is 0 Å². The van der Waals surface area contributed by atoms with Gasteiger partial charge in [-0.3, -0.25) is 4.18 Å². The Bertz CT molecular complexity index is 972. The molecule has 2 rings (SSSR count). The van der Waals surface area contributed by atoms with Gasteiger partial charge in [-0.05, 0) is 63.8 Å². The summed E-state index contributed by atoms with van der Waals surface area (Å²) in [6.45, 7) is 5.12. The van der Waals surface area contributed by atoms with Crippen molar-refractivity contribution >= 4 is 16.1 Å². The van der Waals surface area contributed by atoms with Crippen LogP contribution in [0.5, 0.6) is 0 Å². The Morgan fingerprint density at radius 2 is 1.79 bits per heavy atom. The van der Waals surface area contributed by atoms with Gasteiger partial charge in [-0.1, -0.05) is 36.4 Å². The number of aryl methyl sites for hydroxylation is 1. The van der Waals surface area contributed by atoms with E-state index < -0.39 is 27.8 Å². The maximum atomic E-state index is 12.7. The van der Waals surface area contributed by atoms with E-state index in [2.05, 4.69) is 0 Å². The molecule has 0 radical (unpaired) electrons. The summed E-state index contributed by atoms with van der Waals surface area (Å²) in [5, 5.41) is 8.99. The third-order valence-electron chi connectivity index (χ3n) is 3.94. The van der Waals surface area contributed by atoms with Gasteiger partial charge < -0.3 is 4.74 Å². The van der Waals surface area contributed by atoms with Crippen molar-refractivity contribution in [2.24, 2.45) is 0 Å². The van der Waals surface area contributed by atoms with Crippen LogP contribution in [0.3, 0.4) is 0 Å². The van der Waals surface area contributed by atoms with E-state index >= 15 is 0 Å². The number of hydrogen-bond donors (Lipinski definition) is 0. The SMILES string of the molecule is CC(C)(C)OC(=O)[C@@H](CCCc1ccccc1)OS(=O)(=O)c1cccc(C#N)c1. The maximum Gasteiger partial charge on any atom is 0.337 e. The van der Waals surface area contributed by atoms with E-state index in [1.165, 1.54) is 24.3 Å². The molecule has 7 heteroatoms. The lowest BCUT2D eigenvalue weighted by atomic mass is 10.1. The van der Waals surface area contributed by atoms with Crippen LogP contribution in [0.15, 0.2) is 59.5 Å². The van der Waals surface area contributed by atoms with E-state index in [-0.39, 0.29) is 16.9 Å². The van der Waals surface area contributed by atoms with Crippen molar-refractivity contribution < 1.29 is 22.1 Å².